The van der Waals surface area contributed by atoms with Crippen LogP contribution in [0.4, 0.5) is 0 Å². The van der Waals surface area contributed by atoms with Crippen LogP contribution in [0.1, 0.15) is 45.6 Å². The Morgan fingerprint density at radius 3 is 2.32 bits per heavy atom. The van der Waals surface area contributed by atoms with E-state index >= 15 is 0 Å². The van der Waals surface area contributed by atoms with Gasteiger partial charge in [-0.25, -0.2) is 0 Å². The van der Waals surface area contributed by atoms with Gasteiger partial charge in [0, 0.05) is 6.04 Å². The van der Waals surface area contributed by atoms with Crippen molar-refractivity contribution in [3.63, 3.8) is 0 Å². The maximum atomic E-state index is 2.44. The quantitative estimate of drug-likeness (QED) is 0.778. The van der Waals surface area contributed by atoms with Gasteiger partial charge < -0.3 is 4.90 Å². The first-order chi connectivity index (χ1) is 8.94. The van der Waals surface area contributed by atoms with Crippen LogP contribution in [0, 0.1) is 11.8 Å². The number of benzene rings is 1. The van der Waals surface area contributed by atoms with Crippen LogP contribution in [0.2, 0.25) is 0 Å². The summed E-state index contributed by atoms with van der Waals surface area (Å²) in [4.78, 5) is 2.39. The maximum absolute atomic E-state index is 2.44. The van der Waals surface area contributed by atoms with E-state index in [1.165, 1.54) is 24.8 Å². The molecule has 1 aliphatic carbocycles. The number of hydrogen-bond acceptors (Lipinski definition) is 1. The second-order valence-corrected chi connectivity index (χ2v) is 6.99. The fourth-order valence-corrected chi connectivity index (χ4v) is 3.93. The Morgan fingerprint density at radius 1 is 1.11 bits per heavy atom. The number of rotatable bonds is 4. The van der Waals surface area contributed by atoms with Crippen molar-refractivity contribution in [2.45, 2.75) is 51.5 Å². The average molecular weight is 259 g/mol. The standard InChI is InChI=1S/C18H29N/c1-14(19(4)5)16-12-9-13-17(16)18(2,3)15-10-7-6-8-11-15/h6-8,10-11,14,16-17H,9,12-13H2,1-5H3/t14-,16?,17?/m1/s1. The molecular weight excluding hydrogens is 230 g/mol. The molecule has 0 spiro atoms. The molecule has 0 heterocycles. The Labute approximate surface area is 119 Å². The van der Waals surface area contributed by atoms with Crippen molar-refractivity contribution in [1.29, 1.82) is 0 Å². The minimum Gasteiger partial charge on any atom is -0.306 e. The summed E-state index contributed by atoms with van der Waals surface area (Å²) in [6, 6.07) is 11.8. The van der Waals surface area contributed by atoms with E-state index in [1.807, 2.05) is 0 Å². The first-order valence-corrected chi connectivity index (χ1v) is 7.66. The van der Waals surface area contributed by atoms with Gasteiger partial charge in [0.25, 0.3) is 0 Å². The van der Waals surface area contributed by atoms with Crippen LogP contribution in [-0.2, 0) is 5.41 Å². The van der Waals surface area contributed by atoms with E-state index in [4.69, 9.17) is 0 Å². The van der Waals surface area contributed by atoms with Crippen LogP contribution in [0.25, 0.3) is 0 Å². The molecule has 2 unspecified atom stereocenters. The van der Waals surface area contributed by atoms with Crippen molar-refractivity contribution in [2.75, 3.05) is 14.1 Å². The predicted molar refractivity (Wildman–Crippen MR) is 83.4 cm³/mol. The Bertz CT molecular complexity index is 393. The fraction of sp³-hybridized carbons (Fsp3) is 0.667. The first-order valence-electron chi connectivity index (χ1n) is 7.66. The summed E-state index contributed by atoms with van der Waals surface area (Å²) in [7, 11) is 4.44. The maximum Gasteiger partial charge on any atom is 0.00920 e. The monoisotopic (exact) mass is 259 g/mol. The molecule has 0 amide bonds. The normalized spacial score (nSPS) is 25.8. The largest absolute Gasteiger partial charge is 0.306 e. The molecule has 1 aromatic rings. The van der Waals surface area contributed by atoms with Gasteiger partial charge in [0.05, 0.1) is 0 Å². The molecular formula is C18H29N. The van der Waals surface area contributed by atoms with Crippen molar-refractivity contribution >= 4 is 0 Å². The lowest BCUT2D eigenvalue weighted by Crippen LogP contribution is -2.41. The summed E-state index contributed by atoms with van der Waals surface area (Å²) < 4.78 is 0. The minimum absolute atomic E-state index is 0.284. The van der Waals surface area contributed by atoms with Crippen LogP contribution in [0.5, 0.6) is 0 Å². The summed E-state index contributed by atoms with van der Waals surface area (Å²) in [6.45, 7) is 7.27. The van der Waals surface area contributed by atoms with E-state index in [0.29, 0.717) is 6.04 Å². The van der Waals surface area contributed by atoms with Gasteiger partial charge in [-0.05, 0) is 56.7 Å². The smallest absolute Gasteiger partial charge is 0.00920 e. The molecule has 3 atom stereocenters. The van der Waals surface area contributed by atoms with Crippen molar-refractivity contribution < 1.29 is 0 Å². The van der Waals surface area contributed by atoms with Gasteiger partial charge in [-0.15, -0.1) is 0 Å². The number of nitrogens with zero attached hydrogens (tertiary/aromatic N) is 1. The topological polar surface area (TPSA) is 3.24 Å². The summed E-state index contributed by atoms with van der Waals surface area (Å²) in [5, 5.41) is 0. The molecule has 0 N–H and O–H groups in total. The molecule has 0 aromatic heterocycles. The third kappa shape index (κ3) is 2.86. The van der Waals surface area contributed by atoms with Gasteiger partial charge in [0.15, 0.2) is 0 Å². The molecule has 0 saturated heterocycles. The van der Waals surface area contributed by atoms with Crippen molar-refractivity contribution in [2.24, 2.45) is 11.8 Å². The Balaban J connectivity index is 2.24. The molecule has 0 radical (unpaired) electrons. The Hall–Kier alpha value is -0.820. The lowest BCUT2D eigenvalue weighted by Gasteiger charge is -2.40. The van der Waals surface area contributed by atoms with E-state index in [9.17, 15) is 0 Å². The summed E-state index contributed by atoms with van der Waals surface area (Å²) in [5.41, 5.74) is 1.78. The highest BCUT2D eigenvalue weighted by Gasteiger charge is 2.42. The van der Waals surface area contributed by atoms with Crippen LogP contribution >= 0.6 is 0 Å². The van der Waals surface area contributed by atoms with Crippen LogP contribution in [0.3, 0.4) is 0 Å². The number of hydrogen-bond donors (Lipinski definition) is 0. The lowest BCUT2D eigenvalue weighted by molar-refractivity contribution is 0.145. The van der Waals surface area contributed by atoms with Crippen molar-refractivity contribution in [3.05, 3.63) is 35.9 Å². The fourth-order valence-electron chi connectivity index (χ4n) is 3.93. The van der Waals surface area contributed by atoms with E-state index in [0.717, 1.165) is 11.8 Å². The van der Waals surface area contributed by atoms with E-state index in [1.54, 1.807) is 0 Å². The Morgan fingerprint density at radius 2 is 1.74 bits per heavy atom. The van der Waals surface area contributed by atoms with E-state index in [2.05, 4.69) is 70.1 Å². The lowest BCUT2D eigenvalue weighted by atomic mass is 9.67. The second kappa shape index (κ2) is 5.66. The zero-order valence-electron chi connectivity index (χ0n) is 13.2. The molecule has 1 heteroatoms. The molecule has 0 aliphatic heterocycles. The molecule has 0 bridgehead atoms. The SMILES string of the molecule is C[C@H](C1CCCC1C(C)(C)c1ccccc1)N(C)C. The molecule has 1 nitrogen and oxygen atoms in total. The zero-order chi connectivity index (χ0) is 14.0. The van der Waals surface area contributed by atoms with Crippen LogP contribution in [-0.4, -0.2) is 25.0 Å². The van der Waals surface area contributed by atoms with E-state index < -0.39 is 0 Å². The average Bonchev–Trinajstić information content (AvgIpc) is 2.88. The van der Waals surface area contributed by atoms with Gasteiger partial charge in [-0.2, -0.15) is 0 Å². The molecule has 106 valence electrons. The molecule has 19 heavy (non-hydrogen) atoms. The minimum atomic E-state index is 0.284. The summed E-state index contributed by atoms with van der Waals surface area (Å²) >= 11 is 0. The van der Waals surface area contributed by atoms with Crippen LogP contribution < -0.4 is 0 Å². The second-order valence-electron chi connectivity index (χ2n) is 6.99. The van der Waals surface area contributed by atoms with Gasteiger partial charge in [-0.3, -0.25) is 0 Å². The van der Waals surface area contributed by atoms with Gasteiger partial charge >= 0.3 is 0 Å². The van der Waals surface area contributed by atoms with Gasteiger partial charge in [0.1, 0.15) is 0 Å². The van der Waals surface area contributed by atoms with Crippen molar-refractivity contribution in [3.8, 4) is 0 Å². The molecule has 1 aromatic carbocycles. The molecule has 1 saturated carbocycles. The van der Waals surface area contributed by atoms with Gasteiger partial charge in [0.2, 0.25) is 0 Å². The van der Waals surface area contributed by atoms with E-state index in [-0.39, 0.29) is 5.41 Å². The highest BCUT2D eigenvalue weighted by molar-refractivity contribution is 5.25. The third-order valence-electron chi connectivity index (χ3n) is 5.45. The van der Waals surface area contributed by atoms with Gasteiger partial charge in [-0.1, -0.05) is 50.6 Å². The molecule has 1 fully saturated rings. The molecule has 1 aliphatic rings. The Kier molecular flexibility index (Phi) is 4.35. The third-order valence-corrected chi connectivity index (χ3v) is 5.45. The first kappa shape index (κ1) is 14.6. The zero-order valence-corrected chi connectivity index (χ0v) is 13.2. The molecule has 2 rings (SSSR count). The highest BCUT2D eigenvalue weighted by atomic mass is 15.1. The summed E-state index contributed by atoms with van der Waals surface area (Å²) in [6.07, 6.45) is 4.16. The summed E-state index contributed by atoms with van der Waals surface area (Å²) in [5.74, 6) is 1.62. The highest BCUT2D eigenvalue weighted by Crippen LogP contribution is 2.47. The van der Waals surface area contributed by atoms with Crippen LogP contribution in [0.15, 0.2) is 30.3 Å². The van der Waals surface area contributed by atoms with Crippen molar-refractivity contribution in [1.82, 2.24) is 4.90 Å². The predicted octanol–water partition coefficient (Wildman–Crippen LogP) is 4.33.